The molecule has 180 valence electrons. The van der Waals surface area contributed by atoms with Crippen LogP contribution in [0.3, 0.4) is 0 Å². The third-order valence-corrected chi connectivity index (χ3v) is 5.36. The van der Waals surface area contributed by atoms with E-state index in [1.807, 2.05) is 6.07 Å². The largest absolute Gasteiger partial charge is 0.416 e. The second kappa shape index (κ2) is 10.4. The van der Waals surface area contributed by atoms with E-state index in [-0.39, 0.29) is 12.0 Å². The van der Waals surface area contributed by atoms with Crippen LogP contribution in [0.2, 0.25) is 0 Å². The van der Waals surface area contributed by atoms with E-state index >= 15 is 0 Å². The number of piperazine rings is 1. The molecule has 1 fully saturated rings. The lowest BCUT2D eigenvalue weighted by Crippen LogP contribution is -2.63. The summed E-state index contributed by atoms with van der Waals surface area (Å²) in [7, 11) is 0. The molecule has 0 bridgehead atoms. The zero-order valence-corrected chi connectivity index (χ0v) is 17.9. The Bertz CT molecular complexity index is 1080. The van der Waals surface area contributed by atoms with Gasteiger partial charge in [-0.3, -0.25) is 19.2 Å². The lowest BCUT2D eigenvalue weighted by Gasteiger charge is -2.29. The molecule has 0 spiro atoms. The summed E-state index contributed by atoms with van der Waals surface area (Å²) in [6.07, 6.45) is -5.39. The quantitative estimate of drug-likeness (QED) is 0.450. The van der Waals surface area contributed by atoms with E-state index in [4.69, 9.17) is 5.73 Å². The van der Waals surface area contributed by atoms with Crippen molar-refractivity contribution >= 4 is 23.6 Å². The first kappa shape index (κ1) is 24.7. The number of nitrogens with two attached hydrogens (primary N) is 1. The fraction of sp³-hybridized carbons (Fsp3) is 0.304. The minimum absolute atomic E-state index is 0.216. The molecule has 34 heavy (non-hydrogen) atoms. The van der Waals surface area contributed by atoms with Crippen molar-refractivity contribution in [3.63, 3.8) is 0 Å². The molecule has 1 heterocycles. The van der Waals surface area contributed by atoms with Gasteiger partial charge in [0, 0.05) is 12.8 Å². The summed E-state index contributed by atoms with van der Waals surface area (Å²) in [6.45, 7) is 0. The van der Waals surface area contributed by atoms with Crippen molar-refractivity contribution in [1.29, 1.82) is 0 Å². The van der Waals surface area contributed by atoms with Gasteiger partial charge in [-0.1, -0.05) is 48.5 Å². The molecule has 0 radical (unpaired) electrons. The molecule has 4 amide bonds. The summed E-state index contributed by atoms with van der Waals surface area (Å²) in [5, 5.41) is 7.30. The van der Waals surface area contributed by atoms with Gasteiger partial charge >= 0.3 is 6.18 Å². The number of halogens is 3. The SMILES string of the molecule is NC(=O)[C@H](Cc1ccccc1C(F)(F)F)NC(=O)C[C@@H]1NC(=O)[C@H](Cc2ccccc2)NC1=O. The van der Waals surface area contributed by atoms with E-state index in [1.54, 1.807) is 24.3 Å². The number of hydrogen-bond donors (Lipinski definition) is 4. The van der Waals surface area contributed by atoms with Crippen molar-refractivity contribution in [3.05, 3.63) is 71.3 Å². The molecule has 0 aliphatic carbocycles. The van der Waals surface area contributed by atoms with Gasteiger partial charge in [0.15, 0.2) is 0 Å². The molecule has 3 atom stereocenters. The molecule has 8 nitrogen and oxygen atoms in total. The van der Waals surface area contributed by atoms with Crippen LogP contribution in [0.15, 0.2) is 54.6 Å². The Morgan fingerprint density at radius 3 is 2.18 bits per heavy atom. The summed E-state index contributed by atoms with van der Waals surface area (Å²) >= 11 is 0. The van der Waals surface area contributed by atoms with Crippen LogP contribution in [0.5, 0.6) is 0 Å². The van der Waals surface area contributed by atoms with E-state index in [9.17, 15) is 32.3 Å². The predicted octanol–water partition coefficient (Wildman–Crippen LogP) is 0.834. The first-order valence-corrected chi connectivity index (χ1v) is 10.4. The van der Waals surface area contributed by atoms with E-state index in [0.717, 1.165) is 11.6 Å². The summed E-state index contributed by atoms with van der Waals surface area (Å²) in [4.78, 5) is 49.1. The first-order chi connectivity index (χ1) is 16.0. The van der Waals surface area contributed by atoms with Crippen LogP contribution in [0.1, 0.15) is 23.1 Å². The van der Waals surface area contributed by atoms with Crippen LogP contribution < -0.4 is 21.7 Å². The third-order valence-electron chi connectivity index (χ3n) is 5.36. The zero-order chi connectivity index (χ0) is 24.9. The Morgan fingerprint density at radius 1 is 0.941 bits per heavy atom. The fourth-order valence-corrected chi connectivity index (χ4v) is 3.67. The molecule has 1 aliphatic rings. The zero-order valence-electron chi connectivity index (χ0n) is 17.9. The number of hydrogen-bond acceptors (Lipinski definition) is 4. The van der Waals surface area contributed by atoms with Crippen molar-refractivity contribution in [2.75, 3.05) is 0 Å². The van der Waals surface area contributed by atoms with Crippen LogP contribution >= 0.6 is 0 Å². The lowest BCUT2D eigenvalue weighted by molar-refractivity contribution is -0.139. The van der Waals surface area contributed by atoms with Crippen LogP contribution in [0, 0.1) is 0 Å². The molecule has 2 aromatic rings. The smallest absolute Gasteiger partial charge is 0.368 e. The highest BCUT2D eigenvalue weighted by atomic mass is 19.4. The average Bonchev–Trinajstić information content (AvgIpc) is 2.77. The van der Waals surface area contributed by atoms with E-state index in [2.05, 4.69) is 16.0 Å². The van der Waals surface area contributed by atoms with Gasteiger partial charge in [-0.25, -0.2) is 0 Å². The minimum atomic E-state index is -4.65. The molecular formula is C23H23F3N4O4. The van der Waals surface area contributed by atoms with Gasteiger partial charge < -0.3 is 21.7 Å². The van der Waals surface area contributed by atoms with Crippen molar-refractivity contribution < 1.29 is 32.3 Å². The lowest BCUT2D eigenvalue weighted by atomic mass is 9.98. The van der Waals surface area contributed by atoms with Gasteiger partial charge in [0.25, 0.3) is 0 Å². The van der Waals surface area contributed by atoms with Crippen molar-refractivity contribution in [2.24, 2.45) is 5.73 Å². The highest BCUT2D eigenvalue weighted by Crippen LogP contribution is 2.32. The van der Waals surface area contributed by atoms with Crippen molar-refractivity contribution in [1.82, 2.24) is 16.0 Å². The molecule has 0 saturated carbocycles. The third kappa shape index (κ3) is 6.33. The Balaban J connectivity index is 1.61. The number of alkyl halides is 3. The molecule has 2 aromatic carbocycles. The molecule has 0 aromatic heterocycles. The second-order valence-electron chi connectivity index (χ2n) is 7.90. The highest BCUT2D eigenvalue weighted by molar-refractivity contribution is 5.99. The van der Waals surface area contributed by atoms with Gasteiger partial charge in [-0.15, -0.1) is 0 Å². The molecule has 11 heteroatoms. The number of amides is 4. The fourth-order valence-electron chi connectivity index (χ4n) is 3.67. The van der Waals surface area contributed by atoms with Gasteiger partial charge in [-0.2, -0.15) is 13.2 Å². The number of carbonyl (C=O) groups is 4. The second-order valence-corrected chi connectivity index (χ2v) is 7.90. The number of carbonyl (C=O) groups excluding carboxylic acids is 4. The summed E-state index contributed by atoms with van der Waals surface area (Å²) < 4.78 is 39.7. The molecule has 0 unspecified atom stereocenters. The Kier molecular flexibility index (Phi) is 7.54. The van der Waals surface area contributed by atoms with Crippen LogP contribution in [0.4, 0.5) is 13.2 Å². The maximum atomic E-state index is 13.2. The summed E-state index contributed by atoms with van der Waals surface area (Å²) in [5.74, 6) is -2.93. The molecule has 5 N–H and O–H groups in total. The van der Waals surface area contributed by atoms with E-state index in [1.165, 1.54) is 18.2 Å². The Hall–Kier alpha value is -3.89. The van der Waals surface area contributed by atoms with Gasteiger partial charge in [-0.05, 0) is 17.2 Å². The molecule has 1 saturated heterocycles. The van der Waals surface area contributed by atoms with E-state index in [0.29, 0.717) is 0 Å². The minimum Gasteiger partial charge on any atom is -0.368 e. The Labute approximate surface area is 193 Å². The number of rotatable bonds is 8. The molecule has 1 aliphatic heterocycles. The standard InChI is InChI=1S/C23H23F3N4O4/c24-23(25,26)15-9-5-4-8-14(15)11-16(20(27)32)28-19(31)12-18-22(34)29-17(21(33)30-18)10-13-6-2-1-3-7-13/h1-9,16-18H,10-12H2,(H2,27,32)(H,28,31)(H,29,34)(H,30,33)/t16-,17-,18-/m0/s1. The van der Waals surface area contributed by atoms with Crippen LogP contribution in [-0.4, -0.2) is 41.8 Å². The van der Waals surface area contributed by atoms with Crippen molar-refractivity contribution in [2.45, 2.75) is 43.6 Å². The molecule has 3 rings (SSSR count). The number of benzene rings is 2. The normalized spacial score (nSPS) is 19.0. The maximum Gasteiger partial charge on any atom is 0.416 e. The van der Waals surface area contributed by atoms with Crippen LogP contribution in [-0.2, 0) is 38.2 Å². The summed E-state index contributed by atoms with van der Waals surface area (Å²) in [5.41, 5.74) is 4.96. The molecular weight excluding hydrogens is 453 g/mol. The maximum absolute atomic E-state index is 13.2. The predicted molar refractivity (Wildman–Crippen MR) is 115 cm³/mol. The average molecular weight is 476 g/mol. The Morgan fingerprint density at radius 2 is 1.53 bits per heavy atom. The monoisotopic (exact) mass is 476 g/mol. The van der Waals surface area contributed by atoms with Gasteiger partial charge in [0.05, 0.1) is 12.0 Å². The number of primary amides is 1. The first-order valence-electron chi connectivity index (χ1n) is 10.4. The van der Waals surface area contributed by atoms with E-state index < -0.39 is 66.3 Å². The topological polar surface area (TPSA) is 130 Å². The number of nitrogens with one attached hydrogen (secondary N) is 3. The van der Waals surface area contributed by atoms with Gasteiger partial charge in [0.1, 0.15) is 18.1 Å². The highest BCUT2D eigenvalue weighted by Gasteiger charge is 2.36. The van der Waals surface area contributed by atoms with Gasteiger partial charge in [0.2, 0.25) is 23.6 Å². The summed E-state index contributed by atoms with van der Waals surface area (Å²) in [6, 6.07) is 10.2. The van der Waals surface area contributed by atoms with Crippen LogP contribution in [0.25, 0.3) is 0 Å². The van der Waals surface area contributed by atoms with Crippen molar-refractivity contribution in [3.8, 4) is 0 Å².